The summed E-state index contributed by atoms with van der Waals surface area (Å²) in [4.78, 5) is 17.1. The zero-order valence-corrected chi connectivity index (χ0v) is 12.3. The molecule has 18 heavy (non-hydrogen) atoms. The van der Waals surface area contributed by atoms with Crippen molar-refractivity contribution in [1.29, 1.82) is 0 Å². The number of rotatable bonds is 1. The summed E-state index contributed by atoms with van der Waals surface area (Å²) in [5, 5.41) is 3.43. The standard InChI is InChI=1S/C14H27N3O/c1-13(2)11-17(10-9-16(13)4)12(18)14(3)7-5-6-8-15-14/h15H,5-11H2,1-4H3. The van der Waals surface area contributed by atoms with E-state index in [-0.39, 0.29) is 11.1 Å². The second kappa shape index (κ2) is 4.82. The average Bonchev–Trinajstić information content (AvgIpc) is 2.32. The Morgan fingerprint density at radius 2 is 1.89 bits per heavy atom. The van der Waals surface area contributed by atoms with Gasteiger partial charge in [-0.15, -0.1) is 0 Å². The summed E-state index contributed by atoms with van der Waals surface area (Å²) in [7, 11) is 2.14. The van der Waals surface area contributed by atoms with Crippen LogP contribution in [0.3, 0.4) is 0 Å². The van der Waals surface area contributed by atoms with Crippen LogP contribution < -0.4 is 5.32 Å². The predicted molar refractivity (Wildman–Crippen MR) is 73.5 cm³/mol. The van der Waals surface area contributed by atoms with Crippen molar-refractivity contribution in [2.45, 2.75) is 51.1 Å². The van der Waals surface area contributed by atoms with Gasteiger partial charge < -0.3 is 10.2 Å². The maximum Gasteiger partial charge on any atom is 0.242 e. The highest BCUT2D eigenvalue weighted by atomic mass is 16.2. The van der Waals surface area contributed by atoms with Crippen LogP contribution in [0.15, 0.2) is 0 Å². The van der Waals surface area contributed by atoms with Crippen LogP contribution in [0.5, 0.6) is 0 Å². The molecule has 0 aromatic rings. The van der Waals surface area contributed by atoms with E-state index in [1.807, 2.05) is 0 Å². The van der Waals surface area contributed by atoms with Crippen molar-refractivity contribution in [3.63, 3.8) is 0 Å². The van der Waals surface area contributed by atoms with Crippen molar-refractivity contribution < 1.29 is 4.79 Å². The Hall–Kier alpha value is -0.610. The van der Waals surface area contributed by atoms with E-state index in [1.165, 1.54) is 6.42 Å². The molecule has 0 saturated carbocycles. The first-order chi connectivity index (χ1) is 8.35. The predicted octanol–water partition coefficient (Wildman–Crippen LogP) is 1.07. The van der Waals surface area contributed by atoms with Crippen molar-refractivity contribution in [3.05, 3.63) is 0 Å². The molecule has 0 bridgehead atoms. The number of carbonyl (C=O) groups excluding carboxylic acids is 1. The van der Waals surface area contributed by atoms with Crippen LogP contribution in [0.1, 0.15) is 40.0 Å². The minimum absolute atomic E-state index is 0.0823. The Morgan fingerprint density at radius 1 is 1.17 bits per heavy atom. The van der Waals surface area contributed by atoms with Crippen LogP contribution in [0.25, 0.3) is 0 Å². The number of piperidine rings is 1. The SMILES string of the molecule is CN1CCN(C(=O)C2(C)CCCCN2)CC1(C)C. The molecule has 2 heterocycles. The van der Waals surface area contributed by atoms with Crippen LogP contribution in [0.2, 0.25) is 0 Å². The lowest BCUT2D eigenvalue weighted by molar-refractivity contribution is -0.143. The number of likely N-dealkylation sites (N-methyl/N-ethyl adjacent to an activating group) is 1. The van der Waals surface area contributed by atoms with Gasteiger partial charge >= 0.3 is 0 Å². The fourth-order valence-corrected chi connectivity index (χ4v) is 3.00. The Bertz CT molecular complexity index is 321. The fraction of sp³-hybridized carbons (Fsp3) is 0.929. The van der Waals surface area contributed by atoms with Crippen LogP contribution >= 0.6 is 0 Å². The first-order valence-corrected chi connectivity index (χ1v) is 7.11. The molecule has 0 aromatic carbocycles. The molecule has 2 aliphatic rings. The van der Waals surface area contributed by atoms with E-state index in [4.69, 9.17) is 0 Å². The normalized spacial score (nSPS) is 33.4. The number of nitrogens with zero attached hydrogens (tertiary/aromatic N) is 2. The molecule has 0 spiro atoms. The average molecular weight is 253 g/mol. The van der Waals surface area contributed by atoms with Gasteiger partial charge in [0.25, 0.3) is 0 Å². The Balaban J connectivity index is 2.05. The molecule has 0 aromatic heterocycles. The number of carbonyl (C=O) groups is 1. The number of piperazine rings is 1. The number of amides is 1. The van der Waals surface area contributed by atoms with Gasteiger partial charge in [-0.3, -0.25) is 9.69 Å². The summed E-state index contributed by atoms with van der Waals surface area (Å²) in [6, 6.07) is 0. The van der Waals surface area contributed by atoms with Gasteiger partial charge in [-0.25, -0.2) is 0 Å². The van der Waals surface area contributed by atoms with E-state index in [2.05, 4.69) is 42.9 Å². The first kappa shape index (κ1) is 13.8. The summed E-state index contributed by atoms with van der Waals surface area (Å²) in [5.41, 5.74) is -0.247. The highest BCUT2D eigenvalue weighted by molar-refractivity contribution is 5.86. The summed E-state index contributed by atoms with van der Waals surface area (Å²) in [5.74, 6) is 0.295. The minimum Gasteiger partial charge on any atom is -0.338 e. The van der Waals surface area contributed by atoms with Gasteiger partial charge in [-0.05, 0) is 53.6 Å². The summed E-state index contributed by atoms with van der Waals surface area (Å²) >= 11 is 0. The highest BCUT2D eigenvalue weighted by Crippen LogP contribution is 2.25. The van der Waals surface area contributed by atoms with E-state index in [0.29, 0.717) is 5.91 Å². The zero-order valence-electron chi connectivity index (χ0n) is 12.3. The van der Waals surface area contributed by atoms with Crippen LogP contribution in [-0.2, 0) is 4.79 Å². The van der Waals surface area contributed by atoms with Crippen molar-refractivity contribution in [2.75, 3.05) is 33.2 Å². The van der Waals surface area contributed by atoms with Crippen molar-refractivity contribution in [3.8, 4) is 0 Å². The van der Waals surface area contributed by atoms with Crippen molar-refractivity contribution >= 4 is 5.91 Å². The second-order valence-corrected chi connectivity index (χ2v) is 6.68. The van der Waals surface area contributed by atoms with Gasteiger partial charge in [0.05, 0.1) is 5.54 Å². The second-order valence-electron chi connectivity index (χ2n) is 6.68. The molecule has 2 saturated heterocycles. The number of hydrogen-bond acceptors (Lipinski definition) is 3. The molecular weight excluding hydrogens is 226 g/mol. The smallest absolute Gasteiger partial charge is 0.242 e. The summed E-state index contributed by atoms with van der Waals surface area (Å²) in [6.45, 7) is 10.1. The summed E-state index contributed by atoms with van der Waals surface area (Å²) in [6.07, 6.45) is 3.32. The third-order valence-electron chi connectivity index (χ3n) is 4.69. The van der Waals surface area contributed by atoms with Gasteiger partial charge in [-0.1, -0.05) is 0 Å². The van der Waals surface area contributed by atoms with Crippen molar-refractivity contribution in [2.24, 2.45) is 0 Å². The molecule has 1 atom stereocenters. The lowest BCUT2D eigenvalue weighted by atomic mass is 9.88. The third kappa shape index (κ3) is 2.54. The molecule has 4 nitrogen and oxygen atoms in total. The van der Waals surface area contributed by atoms with Crippen molar-refractivity contribution in [1.82, 2.24) is 15.1 Å². The monoisotopic (exact) mass is 253 g/mol. The zero-order chi connectivity index (χ0) is 13.4. The molecule has 0 radical (unpaired) electrons. The topological polar surface area (TPSA) is 35.6 Å². The van der Waals surface area contributed by atoms with Gasteiger partial charge in [0, 0.05) is 25.2 Å². The third-order valence-corrected chi connectivity index (χ3v) is 4.69. The van der Waals surface area contributed by atoms with Gasteiger partial charge in [0.1, 0.15) is 0 Å². The highest BCUT2D eigenvalue weighted by Gasteiger charge is 2.41. The molecule has 0 aliphatic carbocycles. The van der Waals surface area contributed by atoms with E-state index in [1.54, 1.807) is 0 Å². The van der Waals surface area contributed by atoms with Gasteiger partial charge in [-0.2, -0.15) is 0 Å². The fourth-order valence-electron chi connectivity index (χ4n) is 3.00. The number of hydrogen-bond donors (Lipinski definition) is 1. The van der Waals surface area contributed by atoms with E-state index in [0.717, 1.165) is 39.0 Å². The minimum atomic E-state index is -0.329. The van der Waals surface area contributed by atoms with Crippen LogP contribution in [0.4, 0.5) is 0 Å². The Labute approximate surface area is 111 Å². The molecule has 2 fully saturated rings. The molecule has 1 unspecified atom stereocenters. The molecule has 104 valence electrons. The van der Waals surface area contributed by atoms with Crippen LogP contribution in [-0.4, -0.2) is 60.0 Å². The molecule has 1 N–H and O–H groups in total. The Morgan fingerprint density at radius 3 is 2.44 bits per heavy atom. The number of nitrogens with one attached hydrogen (secondary N) is 1. The Kier molecular flexibility index (Phi) is 3.70. The quantitative estimate of drug-likeness (QED) is 0.759. The van der Waals surface area contributed by atoms with Gasteiger partial charge in [0.2, 0.25) is 5.91 Å². The molecule has 4 heteroatoms. The maximum atomic E-state index is 12.7. The lowest BCUT2D eigenvalue weighted by Gasteiger charge is -2.48. The maximum absolute atomic E-state index is 12.7. The summed E-state index contributed by atoms with van der Waals surface area (Å²) < 4.78 is 0. The lowest BCUT2D eigenvalue weighted by Crippen LogP contribution is -2.65. The van der Waals surface area contributed by atoms with E-state index < -0.39 is 0 Å². The molecule has 2 rings (SSSR count). The van der Waals surface area contributed by atoms with Gasteiger partial charge in [0.15, 0.2) is 0 Å². The largest absolute Gasteiger partial charge is 0.338 e. The molecule has 2 aliphatic heterocycles. The molecular formula is C14H27N3O. The van der Waals surface area contributed by atoms with Crippen LogP contribution in [0, 0.1) is 0 Å². The van der Waals surface area contributed by atoms with E-state index in [9.17, 15) is 4.79 Å². The molecule has 1 amide bonds. The first-order valence-electron chi connectivity index (χ1n) is 7.11. The van der Waals surface area contributed by atoms with E-state index >= 15 is 0 Å².